The van der Waals surface area contributed by atoms with Crippen LogP contribution in [0, 0.1) is 0 Å². The van der Waals surface area contributed by atoms with Gasteiger partial charge >= 0.3 is 0 Å². The molecule has 0 spiro atoms. The van der Waals surface area contributed by atoms with Gasteiger partial charge in [0.25, 0.3) is 5.91 Å². The van der Waals surface area contributed by atoms with E-state index in [0.29, 0.717) is 18.6 Å². The van der Waals surface area contributed by atoms with Crippen molar-refractivity contribution in [3.8, 4) is 0 Å². The van der Waals surface area contributed by atoms with Crippen LogP contribution >= 0.6 is 0 Å². The first-order chi connectivity index (χ1) is 8.00. The van der Waals surface area contributed by atoms with E-state index < -0.39 is 5.54 Å². The normalized spacial score (nSPS) is 19.0. The number of nitrogens with one attached hydrogen (secondary N) is 2. The molecule has 1 unspecified atom stereocenters. The Morgan fingerprint density at radius 2 is 2.29 bits per heavy atom. The molecule has 96 valence electrons. The van der Waals surface area contributed by atoms with Gasteiger partial charge in [-0.15, -0.1) is 0 Å². The van der Waals surface area contributed by atoms with Gasteiger partial charge in [-0.1, -0.05) is 6.92 Å². The first-order valence-electron chi connectivity index (χ1n) is 5.79. The largest absolute Gasteiger partial charge is 0.396 e. The highest BCUT2D eigenvalue weighted by Crippen LogP contribution is 2.14. The molecule has 1 atom stereocenters. The van der Waals surface area contributed by atoms with Crippen molar-refractivity contribution >= 4 is 17.5 Å². The summed E-state index contributed by atoms with van der Waals surface area (Å²) in [4.78, 5) is 22.8. The zero-order valence-electron chi connectivity index (χ0n) is 10.2. The van der Waals surface area contributed by atoms with Gasteiger partial charge in [-0.05, 0) is 19.8 Å². The number of nitrogens with zero attached hydrogens (tertiary/aromatic N) is 1. The Morgan fingerprint density at radius 3 is 2.76 bits per heavy atom. The van der Waals surface area contributed by atoms with Crippen molar-refractivity contribution in [1.29, 1.82) is 0 Å². The van der Waals surface area contributed by atoms with Crippen molar-refractivity contribution in [2.45, 2.75) is 45.1 Å². The summed E-state index contributed by atoms with van der Waals surface area (Å²) in [5.41, 5.74) is 2.19. The Kier molecular flexibility index (Phi) is 4.62. The molecule has 6 nitrogen and oxygen atoms in total. The topological polar surface area (TPSA) is 90.8 Å². The Morgan fingerprint density at radius 1 is 1.59 bits per heavy atom. The number of aliphatic hydroxyl groups is 1. The predicted octanol–water partition coefficient (Wildman–Crippen LogP) is -0.0803. The molecule has 1 aliphatic heterocycles. The highest BCUT2D eigenvalue weighted by molar-refractivity contribution is 6.39. The fraction of sp³-hybridized carbons (Fsp3) is 0.727. The number of hydrogen-bond acceptors (Lipinski definition) is 4. The molecule has 0 saturated carbocycles. The van der Waals surface area contributed by atoms with Gasteiger partial charge in [0.2, 0.25) is 5.91 Å². The van der Waals surface area contributed by atoms with Gasteiger partial charge in [0.05, 0.1) is 0 Å². The van der Waals surface area contributed by atoms with Gasteiger partial charge in [0, 0.05) is 25.0 Å². The average molecular weight is 241 g/mol. The third-order valence-electron chi connectivity index (χ3n) is 3.03. The summed E-state index contributed by atoms with van der Waals surface area (Å²) in [5, 5.41) is 15.5. The molecule has 17 heavy (non-hydrogen) atoms. The molecule has 0 bridgehead atoms. The van der Waals surface area contributed by atoms with Gasteiger partial charge in [-0.3, -0.25) is 9.59 Å². The summed E-state index contributed by atoms with van der Waals surface area (Å²) in [6.07, 6.45) is 1.86. The minimum Gasteiger partial charge on any atom is -0.396 e. The standard InChI is InChI=1S/C11H19N3O3/c1-3-11(2,6-7-15)12-10(17)8-4-5-9(16)14-13-8/h15H,3-7H2,1-2H3,(H,12,17)(H,14,16). The van der Waals surface area contributed by atoms with E-state index in [9.17, 15) is 9.59 Å². The zero-order valence-corrected chi connectivity index (χ0v) is 10.2. The maximum absolute atomic E-state index is 11.9. The minimum atomic E-state index is -0.435. The van der Waals surface area contributed by atoms with Crippen LogP contribution in [0.3, 0.4) is 0 Å². The van der Waals surface area contributed by atoms with E-state index in [2.05, 4.69) is 15.8 Å². The van der Waals surface area contributed by atoms with Crippen molar-refractivity contribution in [3.05, 3.63) is 0 Å². The number of rotatable bonds is 5. The lowest BCUT2D eigenvalue weighted by molar-refractivity contribution is -0.121. The molecule has 1 heterocycles. The molecule has 0 aromatic rings. The van der Waals surface area contributed by atoms with Crippen LogP contribution in [-0.2, 0) is 9.59 Å². The highest BCUT2D eigenvalue weighted by atomic mass is 16.3. The summed E-state index contributed by atoms with van der Waals surface area (Å²) in [6, 6.07) is 0. The lowest BCUT2D eigenvalue weighted by Gasteiger charge is -2.29. The summed E-state index contributed by atoms with van der Waals surface area (Å²) in [7, 11) is 0. The van der Waals surface area contributed by atoms with Crippen molar-refractivity contribution < 1.29 is 14.7 Å². The number of carbonyl (C=O) groups is 2. The fourth-order valence-corrected chi connectivity index (χ4v) is 1.56. The van der Waals surface area contributed by atoms with Crippen LogP contribution in [0.2, 0.25) is 0 Å². The molecule has 6 heteroatoms. The Bertz CT molecular complexity index is 341. The second-order valence-electron chi connectivity index (χ2n) is 4.44. The van der Waals surface area contributed by atoms with Crippen LogP contribution in [0.15, 0.2) is 5.10 Å². The zero-order chi connectivity index (χ0) is 12.9. The maximum Gasteiger partial charge on any atom is 0.267 e. The van der Waals surface area contributed by atoms with Crippen LogP contribution in [0.25, 0.3) is 0 Å². The van der Waals surface area contributed by atoms with E-state index in [1.807, 2.05) is 13.8 Å². The van der Waals surface area contributed by atoms with E-state index in [-0.39, 0.29) is 24.8 Å². The third kappa shape index (κ3) is 3.81. The van der Waals surface area contributed by atoms with Gasteiger partial charge < -0.3 is 10.4 Å². The fourth-order valence-electron chi connectivity index (χ4n) is 1.56. The molecular formula is C11H19N3O3. The van der Waals surface area contributed by atoms with Crippen LogP contribution in [0.5, 0.6) is 0 Å². The van der Waals surface area contributed by atoms with Crippen molar-refractivity contribution in [2.24, 2.45) is 5.10 Å². The van der Waals surface area contributed by atoms with Crippen molar-refractivity contribution in [2.75, 3.05) is 6.61 Å². The third-order valence-corrected chi connectivity index (χ3v) is 3.03. The molecule has 0 aromatic carbocycles. The second kappa shape index (κ2) is 5.77. The van der Waals surface area contributed by atoms with Crippen molar-refractivity contribution in [1.82, 2.24) is 10.7 Å². The van der Waals surface area contributed by atoms with Gasteiger partial charge in [-0.2, -0.15) is 5.10 Å². The van der Waals surface area contributed by atoms with Crippen molar-refractivity contribution in [3.63, 3.8) is 0 Å². The Balaban J connectivity index is 2.62. The maximum atomic E-state index is 11.9. The second-order valence-corrected chi connectivity index (χ2v) is 4.44. The Hall–Kier alpha value is -1.43. The van der Waals surface area contributed by atoms with E-state index in [0.717, 1.165) is 6.42 Å². The van der Waals surface area contributed by atoms with E-state index in [1.165, 1.54) is 0 Å². The summed E-state index contributed by atoms with van der Waals surface area (Å²) < 4.78 is 0. The van der Waals surface area contributed by atoms with E-state index in [1.54, 1.807) is 0 Å². The SMILES string of the molecule is CCC(C)(CCO)NC(=O)C1=NNC(=O)CC1. The van der Waals surface area contributed by atoms with Crippen LogP contribution in [0.1, 0.15) is 39.5 Å². The predicted molar refractivity (Wildman–Crippen MR) is 63.4 cm³/mol. The molecular weight excluding hydrogens is 222 g/mol. The smallest absolute Gasteiger partial charge is 0.267 e. The first-order valence-corrected chi connectivity index (χ1v) is 5.79. The lowest BCUT2D eigenvalue weighted by Crippen LogP contribution is -2.49. The molecule has 0 saturated heterocycles. The highest BCUT2D eigenvalue weighted by Gasteiger charge is 2.27. The van der Waals surface area contributed by atoms with Gasteiger partial charge in [-0.25, -0.2) is 5.43 Å². The van der Waals surface area contributed by atoms with Gasteiger partial charge in [0.1, 0.15) is 5.71 Å². The van der Waals surface area contributed by atoms with Gasteiger partial charge in [0.15, 0.2) is 0 Å². The molecule has 0 aromatic heterocycles. The summed E-state index contributed by atoms with van der Waals surface area (Å²) >= 11 is 0. The number of amides is 2. The molecule has 2 amide bonds. The average Bonchev–Trinajstić information content (AvgIpc) is 2.30. The quantitative estimate of drug-likeness (QED) is 0.628. The molecule has 0 radical (unpaired) electrons. The number of hydrogen-bond donors (Lipinski definition) is 3. The summed E-state index contributed by atoms with van der Waals surface area (Å²) in [5.74, 6) is -0.446. The number of aliphatic hydroxyl groups excluding tert-OH is 1. The monoisotopic (exact) mass is 241 g/mol. The first kappa shape index (κ1) is 13.6. The molecule has 0 aliphatic carbocycles. The minimum absolute atomic E-state index is 0.0217. The molecule has 3 N–H and O–H groups in total. The van der Waals surface area contributed by atoms with Crippen LogP contribution in [-0.4, -0.2) is 34.8 Å². The van der Waals surface area contributed by atoms with E-state index >= 15 is 0 Å². The number of carbonyl (C=O) groups excluding carboxylic acids is 2. The van der Waals surface area contributed by atoms with Crippen LogP contribution < -0.4 is 10.7 Å². The molecule has 1 aliphatic rings. The molecule has 0 fully saturated rings. The van der Waals surface area contributed by atoms with Crippen LogP contribution in [0.4, 0.5) is 0 Å². The van der Waals surface area contributed by atoms with E-state index in [4.69, 9.17) is 5.11 Å². The lowest BCUT2D eigenvalue weighted by atomic mass is 9.94. The Labute approximate surface area is 100 Å². The molecule has 1 rings (SSSR count). The summed E-state index contributed by atoms with van der Waals surface area (Å²) in [6.45, 7) is 3.84. The number of hydrazone groups is 1.